The molecule has 1 aliphatic heterocycles. The minimum absolute atomic E-state index is 0.0847. The van der Waals surface area contributed by atoms with Crippen LogP contribution in [0, 0.1) is 5.92 Å². The number of ether oxygens (including phenoxy) is 3. The van der Waals surface area contributed by atoms with Gasteiger partial charge in [0.05, 0.1) is 13.2 Å². The highest BCUT2D eigenvalue weighted by Crippen LogP contribution is 2.42. The highest BCUT2D eigenvalue weighted by Gasteiger charge is 2.47. The molecular weight excluding hydrogens is 320 g/mol. The molecule has 1 aliphatic carbocycles. The van der Waals surface area contributed by atoms with Crippen LogP contribution < -0.4 is 10.1 Å². The molecule has 1 saturated carbocycles. The van der Waals surface area contributed by atoms with Crippen molar-refractivity contribution in [2.45, 2.75) is 25.4 Å². The van der Waals surface area contributed by atoms with Crippen LogP contribution in [0.3, 0.4) is 0 Å². The molecular formula is C19H28N2O4. The van der Waals surface area contributed by atoms with Crippen molar-refractivity contribution >= 4 is 11.6 Å². The molecule has 0 aromatic heterocycles. The van der Waals surface area contributed by atoms with E-state index in [9.17, 15) is 4.79 Å². The van der Waals surface area contributed by atoms with Crippen molar-refractivity contribution in [2.75, 3.05) is 51.9 Å². The largest absolute Gasteiger partial charge is 0.492 e. The molecule has 0 spiro atoms. The van der Waals surface area contributed by atoms with Crippen LogP contribution >= 0.6 is 0 Å². The van der Waals surface area contributed by atoms with Gasteiger partial charge in [-0.25, -0.2) is 0 Å². The lowest BCUT2D eigenvalue weighted by atomic mass is 9.99. The van der Waals surface area contributed by atoms with Gasteiger partial charge in [0.25, 0.3) is 5.91 Å². The number of nitrogens with one attached hydrogen (secondary N) is 1. The lowest BCUT2D eigenvalue weighted by Crippen LogP contribution is -2.44. The molecule has 0 bridgehead atoms. The summed E-state index contributed by atoms with van der Waals surface area (Å²) in [7, 11) is 1.60. The molecule has 1 aromatic rings. The second-order valence-corrected chi connectivity index (χ2v) is 6.87. The third-order valence-electron chi connectivity index (χ3n) is 5.12. The summed E-state index contributed by atoms with van der Waals surface area (Å²) in [6.45, 7) is 6.94. The summed E-state index contributed by atoms with van der Waals surface area (Å²) in [6.07, 6.45) is 2.10. The van der Waals surface area contributed by atoms with Gasteiger partial charge < -0.3 is 19.5 Å². The Morgan fingerprint density at radius 3 is 2.56 bits per heavy atom. The molecule has 1 amide bonds. The number of carbonyl (C=O) groups excluding carboxylic acids is 1. The Hall–Kier alpha value is -1.63. The number of benzene rings is 1. The fraction of sp³-hybridized carbons (Fsp3) is 0.632. The van der Waals surface area contributed by atoms with E-state index in [0.29, 0.717) is 12.5 Å². The summed E-state index contributed by atoms with van der Waals surface area (Å²) < 4.78 is 16.6. The zero-order chi connectivity index (χ0) is 17.7. The first-order chi connectivity index (χ1) is 12.1. The molecule has 2 fully saturated rings. The Kier molecular flexibility index (Phi) is 5.93. The standard InChI is InChI=1S/C19H28N2O4/c1-19(23-2,15-3-4-15)18(22)20-16-5-7-17(8-6-16)25-14-11-21-9-12-24-13-10-21/h5-8,15H,3-4,9-14H2,1-2H3,(H,20,22)/t19-/m0/s1. The summed E-state index contributed by atoms with van der Waals surface area (Å²) in [5.74, 6) is 1.04. The first-order valence-corrected chi connectivity index (χ1v) is 9.01. The average molecular weight is 348 g/mol. The van der Waals surface area contributed by atoms with E-state index in [2.05, 4.69) is 10.2 Å². The molecule has 1 N–H and O–H groups in total. The molecule has 1 saturated heterocycles. The van der Waals surface area contributed by atoms with Gasteiger partial charge in [0.2, 0.25) is 0 Å². The number of anilines is 1. The van der Waals surface area contributed by atoms with Crippen LogP contribution in [0.1, 0.15) is 19.8 Å². The van der Waals surface area contributed by atoms with Crippen molar-refractivity contribution in [1.29, 1.82) is 0 Å². The number of carbonyl (C=O) groups is 1. The molecule has 3 rings (SSSR count). The number of nitrogens with zero attached hydrogens (tertiary/aromatic N) is 1. The van der Waals surface area contributed by atoms with Crippen molar-refractivity contribution in [1.82, 2.24) is 4.90 Å². The van der Waals surface area contributed by atoms with Crippen LogP contribution in [0.2, 0.25) is 0 Å². The molecule has 1 aromatic carbocycles. The highest BCUT2D eigenvalue weighted by molar-refractivity contribution is 5.97. The third kappa shape index (κ3) is 4.71. The zero-order valence-corrected chi connectivity index (χ0v) is 15.1. The smallest absolute Gasteiger partial charge is 0.256 e. The number of hydrogen-bond donors (Lipinski definition) is 1. The number of rotatable bonds is 8. The molecule has 1 atom stereocenters. The maximum absolute atomic E-state index is 12.5. The maximum atomic E-state index is 12.5. The number of amides is 1. The van der Waals surface area contributed by atoms with Crippen LogP contribution in [0.15, 0.2) is 24.3 Å². The Morgan fingerprint density at radius 2 is 1.96 bits per heavy atom. The van der Waals surface area contributed by atoms with E-state index in [-0.39, 0.29) is 5.91 Å². The van der Waals surface area contributed by atoms with E-state index in [0.717, 1.165) is 57.1 Å². The average Bonchev–Trinajstić information content (AvgIpc) is 3.49. The molecule has 6 heteroatoms. The van der Waals surface area contributed by atoms with Gasteiger partial charge in [0.15, 0.2) is 0 Å². The Morgan fingerprint density at radius 1 is 1.28 bits per heavy atom. The summed E-state index contributed by atoms with van der Waals surface area (Å²) in [6, 6.07) is 7.50. The summed E-state index contributed by atoms with van der Waals surface area (Å²) in [4.78, 5) is 14.8. The molecule has 6 nitrogen and oxygen atoms in total. The van der Waals surface area contributed by atoms with Crippen LogP contribution in [0.4, 0.5) is 5.69 Å². The van der Waals surface area contributed by atoms with Crippen LogP contribution in [-0.2, 0) is 14.3 Å². The maximum Gasteiger partial charge on any atom is 0.256 e. The molecule has 2 aliphatic rings. The predicted octanol–water partition coefficient (Wildman–Crippen LogP) is 2.15. The van der Waals surface area contributed by atoms with Crippen LogP contribution in [-0.4, -0.2) is 63.0 Å². The van der Waals surface area contributed by atoms with Gasteiger partial charge in [-0.3, -0.25) is 9.69 Å². The quantitative estimate of drug-likeness (QED) is 0.780. The van der Waals surface area contributed by atoms with E-state index in [1.165, 1.54) is 0 Å². The van der Waals surface area contributed by atoms with E-state index in [1.807, 2.05) is 31.2 Å². The number of methoxy groups -OCH3 is 1. The van der Waals surface area contributed by atoms with Crippen LogP contribution in [0.5, 0.6) is 5.75 Å². The first-order valence-electron chi connectivity index (χ1n) is 9.01. The second-order valence-electron chi connectivity index (χ2n) is 6.87. The van der Waals surface area contributed by atoms with E-state index < -0.39 is 5.60 Å². The molecule has 0 unspecified atom stereocenters. The SMILES string of the molecule is CO[C@](C)(C(=O)Nc1ccc(OCCN2CCOCC2)cc1)C1CC1. The van der Waals surface area contributed by atoms with Crippen molar-refractivity contribution in [3.63, 3.8) is 0 Å². The Labute approximate surface area is 149 Å². The highest BCUT2D eigenvalue weighted by atomic mass is 16.5. The lowest BCUT2D eigenvalue weighted by molar-refractivity contribution is -0.138. The van der Waals surface area contributed by atoms with Gasteiger partial charge in [-0.2, -0.15) is 0 Å². The van der Waals surface area contributed by atoms with Gasteiger partial charge in [0, 0.05) is 32.4 Å². The van der Waals surface area contributed by atoms with Gasteiger partial charge in [-0.05, 0) is 49.9 Å². The van der Waals surface area contributed by atoms with Crippen molar-refractivity contribution in [3.05, 3.63) is 24.3 Å². The summed E-state index contributed by atoms with van der Waals surface area (Å²) in [5, 5.41) is 2.95. The normalized spacial score (nSPS) is 20.7. The molecule has 1 heterocycles. The third-order valence-corrected chi connectivity index (χ3v) is 5.12. The Bertz CT molecular complexity index is 567. The van der Waals surface area contributed by atoms with Gasteiger partial charge >= 0.3 is 0 Å². The fourth-order valence-electron chi connectivity index (χ4n) is 3.09. The summed E-state index contributed by atoms with van der Waals surface area (Å²) >= 11 is 0. The van der Waals surface area contributed by atoms with Gasteiger partial charge in [0.1, 0.15) is 18.0 Å². The van der Waals surface area contributed by atoms with Crippen LogP contribution in [0.25, 0.3) is 0 Å². The van der Waals surface area contributed by atoms with E-state index in [1.54, 1.807) is 7.11 Å². The second kappa shape index (κ2) is 8.17. The lowest BCUT2D eigenvalue weighted by Gasteiger charge is -2.27. The minimum atomic E-state index is -0.743. The molecule has 138 valence electrons. The summed E-state index contributed by atoms with van der Waals surface area (Å²) in [5.41, 5.74) is 0.0160. The fourth-order valence-corrected chi connectivity index (χ4v) is 3.09. The minimum Gasteiger partial charge on any atom is -0.492 e. The predicted molar refractivity (Wildman–Crippen MR) is 96.0 cm³/mol. The monoisotopic (exact) mass is 348 g/mol. The number of morpholine rings is 1. The topological polar surface area (TPSA) is 60.0 Å². The van der Waals surface area contributed by atoms with E-state index >= 15 is 0 Å². The molecule has 0 radical (unpaired) electrons. The van der Waals surface area contributed by atoms with Crippen molar-refractivity contribution in [3.8, 4) is 5.75 Å². The van der Waals surface area contributed by atoms with Gasteiger partial charge in [-0.15, -0.1) is 0 Å². The first kappa shape index (κ1) is 18.2. The Balaban J connectivity index is 1.46. The van der Waals surface area contributed by atoms with E-state index in [4.69, 9.17) is 14.2 Å². The zero-order valence-electron chi connectivity index (χ0n) is 15.1. The van der Waals surface area contributed by atoms with Gasteiger partial charge in [-0.1, -0.05) is 0 Å². The molecule has 25 heavy (non-hydrogen) atoms. The van der Waals surface area contributed by atoms with Crippen molar-refractivity contribution in [2.24, 2.45) is 5.92 Å². The van der Waals surface area contributed by atoms with Crippen molar-refractivity contribution < 1.29 is 19.0 Å². The number of hydrogen-bond acceptors (Lipinski definition) is 5.